The first-order valence-corrected chi connectivity index (χ1v) is 10.4. The van der Waals surface area contributed by atoms with Crippen LogP contribution in [0.3, 0.4) is 0 Å². The Balaban J connectivity index is 1.37. The molecule has 1 aromatic heterocycles. The van der Waals surface area contributed by atoms with Gasteiger partial charge in [0.15, 0.2) is 0 Å². The van der Waals surface area contributed by atoms with Crippen LogP contribution in [0.1, 0.15) is 28.0 Å². The minimum absolute atomic E-state index is 0.115. The van der Waals surface area contributed by atoms with Crippen LogP contribution in [0.4, 0.5) is 4.39 Å². The van der Waals surface area contributed by atoms with Crippen molar-refractivity contribution >= 4 is 27.7 Å². The van der Waals surface area contributed by atoms with E-state index in [0.29, 0.717) is 23.4 Å². The third-order valence-corrected chi connectivity index (χ3v) is 5.03. The molecule has 1 heterocycles. The summed E-state index contributed by atoms with van der Waals surface area (Å²) in [6.07, 6.45) is 1.83. The molecule has 0 aliphatic heterocycles. The summed E-state index contributed by atoms with van der Waals surface area (Å²) in [6, 6.07) is 16.9. The first-order valence-electron chi connectivity index (χ1n) is 9.63. The third-order valence-electron chi connectivity index (χ3n) is 4.34. The Labute approximate surface area is 188 Å². The van der Waals surface area contributed by atoms with Gasteiger partial charge in [-0.1, -0.05) is 18.2 Å². The molecule has 0 saturated carbocycles. The topological polar surface area (TPSA) is 80.3 Å². The summed E-state index contributed by atoms with van der Waals surface area (Å²) >= 11 is 3.21. The van der Waals surface area contributed by atoms with E-state index in [9.17, 15) is 14.0 Å². The van der Waals surface area contributed by atoms with Crippen molar-refractivity contribution in [2.24, 2.45) is 0 Å². The van der Waals surface area contributed by atoms with E-state index < -0.39 is 11.7 Å². The van der Waals surface area contributed by atoms with E-state index in [0.717, 1.165) is 17.3 Å². The average Bonchev–Trinajstić information content (AvgIpc) is 2.79. The quantitative estimate of drug-likeness (QED) is 0.479. The SMILES string of the molecule is O=C(CCNC(=O)c1cc(F)ccc1Br)NCc1ccc(OCc2ccccn2)cc1. The molecule has 0 saturated heterocycles. The van der Waals surface area contributed by atoms with Gasteiger partial charge >= 0.3 is 0 Å². The molecule has 2 N–H and O–H groups in total. The van der Waals surface area contributed by atoms with Crippen LogP contribution < -0.4 is 15.4 Å². The van der Waals surface area contributed by atoms with Gasteiger partial charge in [0.1, 0.15) is 18.2 Å². The predicted octanol–water partition coefficient (Wildman–Crippen LogP) is 4.00. The molecule has 31 heavy (non-hydrogen) atoms. The van der Waals surface area contributed by atoms with Gasteiger partial charge in [-0.3, -0.25) is 14.6 Å². The Hall–Kier alpha value is -3.26. The molecule has 6 nitrogen and oxygen atoms in total. The van der Waals surface area contributed by atoms with Gasteiger partial charge in [-0.25, -0.2) is 4.39 Å². The zero-order chi connectivity index (χ0) is 22.1. The van der Waals surface area contributed by atoms with Crippen LogP contribution in [-0.2, 0) is 17.9 Å². The van der Waals surface area contributed by atoms with Crippen molar-refractivity contribution in [2.75, 3.05) is 6.54 Å². The molecule has 2 amide bonds. The minimum atomic E-state index is -0.501. The fourth-order valence-electron chi connectivity index (χ4n) is 2.69. The molecule has 8 heteroatoms. The summed E-state index contributed by atoms with van der Waals surface area (Å²) < 4.78 is 19.5. The lowest BCUT2D eigenvalue weighted by atomic mass is 10.2. The Bertz CT molecular complexity index is 1030. The number of hydrogen-bond acceptors (Lipinski definition) is 4. The van der Waals surface area contributed by atoms with Crippen LogP contribution >= 0.6 is 15.9 Å². The zero-order valence-electron chi connectivity index (χ0n) is 16.6. The number of rotatable bonds is 9. The number of benzene rings is 2. The van der Waals surface area contributed by atoms with Gasteiger partial charge in [0.05, 0.1) is 11.3 Å². The molecule has 3 rings (SSSR count). The van der Waals surface area contributed by atoms with Crippen molar-refractivity contribution in [1.29, 1.82) is 0 Å². The molecule has 2 aromatic carbocycles. The van der Waals surface area contributed by atoms with Crippen LogP contribution in [0.25, 0.3) is 0 Å². The lowest BCUT2D eigenvalue weighted by molar-refractivity contribution is -0.121. The standard InChI is InChI=1S/C23H21BrFN3O3/c24-21-9-6-17(25)13-20(21)23(30)27-12-10-22(29)28-14-16-4-7-19(8-5-16)31-15-18-3-1-2-11-26-18/h1-9,11,13H,10,12,14-15H2,(H,27,30)(H,28,29). The molecule has 0 aliphatic rings. The monoisotopic (exact) mass is 485 g/mol. The maximum Gasteiger partial charge on any atom is 0.252 e. The van der Waals surface area contributed by atoms with Gasteiger partial charge in [0, 0.05) is 30.2 Å². The van der Waals surface area contributed by atoms with Crippen LogP contribution in [0.5, 0.6) is 5.75 Å². The van der Waals surface area contributed by atoms with Gasteiger partial charge < -0.3 is 15.4 Å². The van der Waals surface area contributed by atoms with Gasteiger partial charge in [0.25, 0.3) is 5.91 Å². The number of carbonyl (C=O) groups excluding carboxylic acids is 2. The highest BCUT2D eigenvalue weighted by molar-refractivity contribution is 9.10. The molecule has 0 aliphatic carbocycles. The highest BCUT2D eigenvalue weighted by Crippen LogP contribution is 2.17. The first-order chi connectivity index (χ1) is 15.0. The number of nitrogens with zero attached hydrogens (tertiary/aromatic N) is 1. The van der Waals surface area contributed by atoms with Crippen molar-refractivity contribution < 1.29 is 18.7 Å². The Morgan fingerprint density at radius 1 is 1.03 bits per heavy atom. The van der Waals surface area contributed by atoms with E-state index >= 15 is 0 Å². The second kappa shape index (κ2) is 11.2. The molecule has 0 fully saturated rings. The highest BCUT2D eigenvalue weighted by atomic mass is 79.9. The Morgan fingerprint density at radius 2 is 1.84 bits per heavy atom. The minimum Gasteiger partial charge on any atom is -0.487 e. The molecule has 160 valence electrons. The van der Waals surface area contributed by atoms with Gasteiger partial charge in [-0.05, 0) is 64.0 Å². The molecule has 3 aromatic rings. The number of pyridine rings is 1. The normalized spacial score (nSPS) is 10.4. The predicted molar refractivity (Wildman–Crippen MR) is 118 cm³/mol. The summed E-state index contributed by atoms with van der Waals surface area (Å²) in [7, 11) is 0. The second-order valence-corrected chi connectivity index (χ2v) is 7.51. The molecule has 0 unspecified atom stereocenters. The van der Waals surface area contributed by atoms with E-state index in [2.05, 4.69) is 31.5 Å². The second-order valence-electron chi connectivity index (χ2n) is 6.66. The Kier molecular flexibility index (Phi) is 8.12. The molecular weight excluding hydrogens is 465 g/mol. The number of carbonyl (C=O) groups is 2. The van der Waals surface area contributed by atoms with Crippen LogP contribution in [-0.4, -0.2) is 23.3 Å². The highest BCUT2D eigenvalue weighted by Gasteiger charge is 2.11. The fraction of sp³-hybridized carbons (Fsp3) is 0.174. The number of hydrogen-bond donors (Lipinski definition) is 2. The fourth-order valence-corrected chi connectivity index (χ4v) is 3.12. The van der Waals surface area contributed by atoms with Crippen LogP contribution in [0.2, 0.25) is 0 Å². The lowest BCUT2D eigenvalue weighted by Gasteiger charge is -2.09. The summed E-state index contributed by atoms with van der Waals surface area (Å²) in [5.74, 6) is -0.430. The van der Waals surface area contributed by atoms with E-state index in [1.54, 1.807) is 6.20 Å². The van der Waals surface area contributed by atoms with Crippen LogP contribution in [0.15, 0.2) is 71.3 Å². The van der Waals surface area contributed by atoms with Gasteiger partial charge in [-0.2, -0.15) is 0 Å². The van der Waals surface area contributed by atoms with Crippen molar-refractivity contribution in [2.45, 2.75) is 19.6 Å². The van der Waals surface area contributed by atoms with E-state index in [1.165, 1.54) is 12.1 Å². The van der Waals surface area contributed by atoms with Gasteiger partial charge in [0.2, 0.25) is 5.91 Å². The van der Waals surface area contributed by atoms with Crippen molar-refractivity contribution in [3.63, 3.8) is 0 Å². The van der Waals surface area contributed by atoms with E-state index in [4.69, 9.17) is 4.74 Å². The summed E-state index contributed by atoms with van der Waals surface area (Å²) in [5, 5.41) is 5.41. The lowest BCUT2D eigenvalue weighted by Crippen LogP contribution is -2.30. The number of halogens is 2. The van der Waals surface area contributed by atoms with Crippen molar-refractivity contribution in [3.8, 4) is 5.75 Å². The zero-order valence-corrected chi connectivity index (χ0v) is 18.2. The van der Waals surface area contributed by atoms with E-state index in [1.807, 2.05) is 42.5 Å². The first kappa shape index (κ1) is 22.4. The summed E-state index contributed by atoms with van der Waals surface area (Å²) in [5.41, 5.74) is 1.95. The number of nitrogens with one attached hydrogen (secondary N) is 2. The van der Waals surface area contributed by atoms with Gasteiger partial charge in [-0.15, -0.1) is 0 Å². The Morgan fingerprint density at radius 3 is 2.58 bits per heavy atom. The summed E-state index contributed by atoms with van der Waals surface area (Å²) in [6.45, 7) is 0.894. The maximum atomic E-state index is 13.3. The molecule has 0 radical (unpaired) electrons. The smallest absolute Gasteiger partial charge is 0.252 e. The number of ether oxygens (including phenoxy) is 1. The summed E-state index contributed by atoms with van der Waals surface area (Å²) in [4.78, 5) is 28.3. The molecule has 0 spiro atoms. The largest absolute Gasteiger partial charge is 0.487 e. The molecule has 0 bridgehead atoms. The molecule has 0 atom stereocenters. The van der Waals surface area contributed by atoms with E-state index in [-0.39, 0.29) is 24.4 Å². The van der Waals surface area contributed by atoms with Crippen LogP contribution in [0, 0.1) is 5.82 Å². The van der Waals surface area contributed by atoms with Crippen molar-refractivity contribution in [1.82, 2.24) is 15.6 Å². The third kappa shape index (κ3) is 7.18. The average molecular weight is 486 g/mol. The number of amides is 2. The molecular formula is C23H21BrFN3O3. The van der Waals surface area contributed by atoms with Crippen molar-refractivity contribution in [3.05, 3.63) is 94.0 Å². The number of aromatic nitrogens is 1. The maximum absolute atomic E-state index is 13.3.